The fourth-order valence-corrected chi connectivity index (χ4v) is 2.18. The number of primary sulfonamides is 1. The molecule has 0 fully saturated rings. The molecule has 0 atom stereocenters. The first-order valence-corrected chi connectivity index (χ1v) is 6.02. The summed E-state index contributed by atoms with van der Waals surface area (Å²) in [7, 11) is -4.10. The molecule has 1 aromatic carbocycles. The molecule has 0 saturated carbocycles. The first kappa shape index (κ1) is 13.3. The van der Waals surface area contributed by atoms with Crippen LogP contribution in [-0.2, 0) is 10.0 Å². The Bertz CT molecular complexity index is 606. The van der Waals surface area contributed by atoms with Gasteiger partial charge >= 0.3 is 0 Å². The fourth-order valence-electron chi connectivity index (χ4n) is 1.36. The molecule has 0 radical (unpaired) electrons. The summed E-state index contributed by atoms with van der Waals surface area (Å²) < 4.78 is 22.5. The number of benzene rings is 1. The Labute approximate surface area is 97.4 Å². The molecule has 0 spiro atoms. The van der Waals surface area contributed by atoms with Crippen molar-refractivity contribution in [2.75, 3.05) is 0 Å². The number of rotatable bonds is 3. The number of carbonyl (C=O) groups excluding carboxylic acids is 1. The van der Waals surface area contributed by atoms with Gasteiger partial charge in [0.05, 0.1) is 9.82 Å². The summed E-state index contributed by atoms with van der Waals surface area (Å²) in [6.45, 7) is 2.45. The van der Waals surface area contributed by atoms with Crippen LogP contribution in [0.15, 0.2) is 17.0 Å². The molecule has 2 N–H and O–H groups in total. The van der Waals surface area contributed by atoms with Gasteiger partial charge in [0, 0.05) is 17.2 Å². The van der Waals surface area contributed by atoms with Crippen LogP contribution in [0.25, 0.3) is 0 Å². The zero-order valence-electron chi connectivity index (χ0n) is 9.13. The molecule has 1 aromatic rings. The van der Waals surface area contributed by atoms with E-state index in [1.54, 1.807) is 0 Å². The van der Waals surface area contributed by atoms with Gasteiger partial charge in [-0.3, -0.25) is 14.9 Å². The van der Waals surface area contributed by atoms with Crippen LogP contribution in [0.4, 0.5) is 5.69 Å². The van der Waals surface area contributed by atoms with E-state index in [1.165, 1.54) is 13.8 Å². The molecule has 0 aromatic heterocycles. The lowest BCUT2D eigenvalue weighted by atomic mass is 10.1. The number of nitrogens with zero attached hydrogens (tertiary/aromatic N) is 1. The van der Waals surface area contributed by atoms with Gasteiger partial charge in [0.15, 0.2) is 5.78 Å². The third kappa shape index (κ3) is 2.66. The van der Waals surface area contributed by atoms with Crippen molar-refractivity contribution in [2.45, 2.75) is 18.7 Å². The zero-order chi connectivity index (χ0) is 13.4. The minimum Gasteiger partial charge on any atom is -0.295 e. The van der Waals surface area contributed by atoms with Crippen LogP contribution >= 0.6 is 0 Å². The summed E-state index contributed by atoms with van der Waals surface area (Å²) in [6.07, 6.45) is 0. The number of ketones is 1. The van der Waals surface area contributed by atoms with Gasteiger partial charge in [-0.25, -0.2) is 13.6 Å². The van der Waals surface area contributed by atoms with Crippen molar-refractivity contribution >= 4 is 21.5 Å². The molecule has 17 heavy (non-hydrogen) atoms. The molecule has 0 unspecified atom stereocenters. The topological polar surface area (TPSA) is 120 Å². The molecule has 0 heterocycles. The van der Waals surface area contributed by atoms with E-state index in [0.29, 0.717) is 0 Å². The number of hydrogen-bond acceptors (Lipinski definition) is 5. The fraction of sp³-hybridized carbons (Fsp3) is 0.222. The van der Waals surface area contributed by atoms with Crippen LogP contribution in [0, 0.1) is 17.0 Å². The average molecular weight is 258 g/mol. The van der Waals surface area contributed by atoms with E-state index < -0.39 is 31.3 Å². The maximum atomic E-state index is 11.2. The van der Waals surface area contributed by atoms with E-state index in [1.807, 2.05) is 0 Å². The number of Topliss-reactive ketones (excluding diaryl/α,β-unsaturated/α-hetero) is 1. The van der Waals surface area contributed by atoms with Crippen molar-refractivity contribution in [2.24, 2.45) is 5.14 Å². The van der Waals surface area contributed by atoms with Crippen LogP contribution < -0.4 is 5.14 Å². The normalized spacial score (nSPS) is 11.2. The van der Waals surface area contributed by atoms with E-state index in [4.69, 9.17) is 5.14 Å². The Morgan fingerprint density at radius 2 is 1.94 bits per heavy atom. The van der Waals surface area contributed by atoms with Crippen LogP contribution in [-0.4, -0.2) is 19.1 Å². The second kappa shape index (κ2) is 4.22. The number of nitro benzene ring substituents is 1. The van der Waals surface area contributed by atoms with Crippen LogP contribution in [0.5, 0.6) is 0 Å². The Morgan fingerprint density at radius 1 is 1.41 bits per heavy atom. The highest BCUT2D eigenvalue weighted by Gasteiger charge is 2.23. The van der Waals surface area contributed by atoms with E-state index in [2.05, 4.69) is 0 Å². The highest BCUT2D eigenvalue weighted by molar-refractivity contribution is 7.89. The maximum Gasteiger partial charge on any atom is 0.274 e. The first-order valence-electron chi connectivity index (χ1n) is 4.47. The molecule has 92 valence electrons. The van der Waals surface area contributed by atoms with Gasteiger partial charge in [-0.05, 0) is 19.9 Å². The van der Waals surface area contributed by atoms with Crippen molar-refractivity contribution in [3.63, 3.8) is 0 Å². The van der Waals surface area contributed by atoms with E-state index in [-0.39, 0.29) is 11.1 Å². The quantitative estimate of drug-likeness (QED) is 0.487. The Balaban J connectivity index is 3.73. The Morgan fingerprint density at radius 3 is 2.29 bits per heavy atom. The minimum atomic E-state index is -4.10. The molecule has 0 aliphatic carbocycles. The summed E-state index contributed by atoms with van der Waals surface area (Å²) in [6, 6.07) is 2.08. The van der Waals surface area contributed by atoms with E-state index in [9.17, 15) is 23.3 Å². The Hall–Kier alpha value is -1.80. The standard InChI is InChI=1S/C9H10N2O5S/c1-5-8(11(13)14)3-7(6(2)12)4-9(5)17(10,15)16/h3-4H,1-2H3,(H2,10,15,16). The van der Waals surface area contributed by atoms with Crippen molar-refractivity contribution in [1.82, 2.24) is 0 Å². The Kier molecular flexibility index (Phi) is 3.30. The lowest BCUT2D eigenvalue weighted by Gasteiger charge is -2.06. The molecule has 0 saturated heterocycles. The number of hydrogen-bond donors (Lipinski definition) is 1. The minimum absolute atomic E-state index is 0.0636. The largest absolute Gasteiger partial charge is 0.295 e. The summed E-state index contributed by atoms with van der Waals surface area (Å²) in [5.74, 6) is -0.474. The molecule has 0 aliphatic rings. The molecule has 0 bridgehead atoms. The van der Waals surface area contributed by atoms with Gasteiger partial charge in [0.25, 0.3) is 5.69 Å². The van der Waals surface area contributed by atoms with Crippen LogP contribution in [0.1, 0.15) is 22.8 Å². The summed E-state index contributed by atoms with van der Waals surface area (Å²) in [4.78, 5) is 20.7. The number of nitro groups is 1. The summed E-state index contributed by atoms with van der Waals surface area (Å²) >= 11 is 0. The van der Waals surface area contributed by atoms with E-state index in [0.717, 1.165) is 12.1 Å². The highest BCUT2D eigenvalue weighted by atomic mass is 32.2. The first-order chi connectivity index (χ1) is 7.64. The maximum absolute atomic E-state index is 11.2. The van der Waals surface area contributed by atoms with Crippen LogP contribution in [0.2, 0.25) is 0 Å². The molecule has 0 aliphatic heterocycles. The molecule has 8 heteroatoms. The van der Waals surface area contributed by atoms with Gasteiger partial charge in [-0.15, -0.1) is 0 Å². The predicted octanol–water partition coefficient (Wildman–Crippen LogP) is 0.753. The third-order valence-corrected chi connectivity index (χ3v) is 3.28. The van der Waals surface area contributed by atoms with Gasteiger partial charge in [-0.2, -0.15) is 0 Å². The second-order valence-electron chi connectivity index (χ2n) is 3.48. The van der Waals surface area contributed by atoms with Gasteiger partial charge < -0.3 is 0 Å². The lowest BCUT2D eigenvalue weighted by molar-refractivity contribution is -0.385. The van der Waals surface area contributed by atoms with Crippen LogP contribution in [0.3, 0.4) is 0 Å². The number of carbonyl (C=O) groups is 1. The van der Waals surface area contributed by atoms with Gasteiger partial charge in [0.1, 0.15) is 0 Å². The number of sulfonamides is 1. The van der Waals surface area contributed by atoms with Crippen molar-refractivity contribution in [3.05, 3.63) is 33.4 Å². The third-order valence-electron chi connectivity index (χ3n) is 2.24. The second-order valence-corrected chi connectivity index (χ2v) is 5.01. The highest BCUT2D eigenvalue weighted by Crippen LogP contribution is 2.26. The van der Waals surface area contributed by atoms with Crippen molar-refractivity contribution in [3.8, 4) is 0 Å². The molecular formula is C9H10N2O5S. The van der Waals surface area contributed by atoms with Gasteiger partial charge in [0.2, 0.25) is 10.0 Å². The summed E-state index contributed by atoms with van der Waals surface area (Å²) in [5.41, 5.74) is -0.587. The molecular weight excluding hydrogens is 248 g/mol. The van der Waals surface area contributed by atoms with Gasteiger partial charge in [-0.1, -0.05) is 0 Å². The predicted molar refractivity (Wildman–Crippen MR) is 59.2 cm³/mol. The zero-order valence-corrected chi connectivity index (χ0v) is 9.95. The van der Waals surface area contributed by atoms with Crippen molar-refractivity contribution < 1.29 is 18.1 Å². The van der Waals surface area contributed by atoms with Crippen molar-refractivity contribution in [1.29, 1.82) is 0 Å². The average Bonchev–Trinajstić information content (AvgIpc) is 2.15. The SMILES string of the molecule is CC(=O)c1cc([N+](=O)[O-])c(C)c(S(N)(=O)=O)c1. The monoisotopic (exact) mass is 258 g/mol. The smallest absolute Gasteiger partial charge is 0.274 e. The summed E-state index contributed by atoms with van der Waals surface area (Å²) in [5, 5.41) is 15.7. The molecule has 7 nitrogen and oxygen atoms in total. The van der Waals surface area contributed by atoms with E-state index >= 15 is 0 Å². The number of nitrogens with two attached hydrogens (primary N) is 1. The lowest BCUT2D eigenvalue weighted by Crippen LogP contribution is -2.15. The molecule has 0 amide bonds. The molecule has 1 rings (SSSR count).